The molecule has 1 aliphatic heterocycles. The Morgan fingerprint density at radius 2 is 2.14 bits per heavy atom. The highest BCUT2D eigenvalue weighted by atomic mass is 79.9. The van der Waals surface area contributed by atoms with Gasteiger partial charge in [0.05, 0.1) is 11.0 Å². The van der Waals surface area contributed by atoms with Gasteiger partial charge in [-0.05, 0) is 42.7 Å². The summed E-state index contributed by atoms with van der Waals surface area (Å²) in [5, 5.41) is 3.49. The van der Waals surface area contributed by atoms with Gasteiger partial charge in [-0.3, -0.25) is 0 Å². The highest BCUT2D eigenvalue weighted by Gasteiger charge is 2.17. The van der Waals surface area contributed by atoms with Crippen molar-refractivity contribution in [2.45, 2.75) is 12.8 Å². The average Bonchev–Trinajstić information content (AvgIpc) is 2.83. The molecule has 1 aromatic heterocycles. The molecule has 106 valence electrons. The van der Waals surface area contributed by atoms with E-state index in [-0.39, 0.29) is 0 Å². The van der Waals surface area contributed by atoms with Crippen LogP contribution in [0.2, 0.25) is 0 Å². The first-order valence-electron chi connectivity index (χ1n) is 7.22. The van der Waals surface area contributed by atoms with Crippen molar-refractivity contribution in [1.29, 1.82) is 0 Å². The smallest absolute Gasteiger partial charge is 0.141 e. The molecule has 4 heteroatoms. The molecule has 2 aromatic carbocycles. The molecule has 0 amide bonds. The number of halogens is 1. The van der Waals surface area contributed by atoms with Crippen molar-refractivity contribution in [3.8, 4) is 11.4 Å². The fourth-order valence-electron chi connectivity index (χ4n) is 3.13. The van der Waals surface area contributed by atoms with Crippen LogP contribution < -0.4 is 5.32 Å². The lowest BCUT2D eigenvalue weighted by Gasteiger charge is -2.20. The maximum atomic E-state index is 4.86. The maximum absolute atomic E-state index is 4.86. The molecule has 4 rings (SSSR count). The molecule has 0 fully saturated rings. The van der Waals surface area contributed by atoms with Gasteiger partial charge in [-0.15, -0.1) is 0 Å². The highest BCUT2D eigenvalue weighted by molar-refractivity contribution is 9.10. The van der Waals surface area contributed by atoms with Crippen LogP contribution in [0, 0.1) is 0 Å². The minimum Gasteiger partial charge on any atom is -0.385 e. The number of hydrogen-bond acceptors (Lipinski definition) is 2. The van der Waals surface area contributed by atoms with Gasteiger partial charge in [-0.25, -0.2) is 4.98 Å². The standard InChI is InChI=1S/C17H16BrN3/c1-21-16-8-7-11(18)10-15(16)20-17(21)13-4-2-6-14-12(13)5-3-9-19-14/h2,4,6-8,10,19H,3,5,9H2,1H3. The Morgan fingerprint density at radius 1 is 1.24 bits per heavy atom. The first-order valence-corrected chi connectivity index (χ1v) is 8.01. The van der Waals surface area contributed by atoms with Crippen LogP contribution in [0.3, 0.4) is 0 Å². The van der Waals surface area contributed by atoms with E-state index in [0.29, 0.717) is 0 Å². The molecule has 21 heavy (non-hydrogen) atoms. The summed E-state index contributed by atoms with van der Waals surface area (Å²) < 4.78 is 3.25. The molecule has 0 spiro atoms. The van der Waals surface area contributed by atoms with E-state index in [1.165, 1.54) is 23.2 Å². The Hall–Kier alpha value is -1.81. The molecule has 2 heterocycles. The van der Waals surface area contributed by atoms with Crippen LogP contribution in [-0.4, -0.2) is 16.1 Å². The lowest BCUT2D eigenvalue weighted by Crippen LogP contribution is -2.13. The number of nitrogens with zero attached hydrogens (tertiary/aromatic N) is 2. The fraction of sp³-hybridized carbons (Fsp3) is 0.235. The summed E-state index contributed by atoms with van der Waals surface area (Å²) in [4.78, 5) is 4.86. The van der Waals surface area contributed by atoms with Crippen LogP contribution in [-0.2, 0) is 13.5 Å². The summed E-state index contributed by atoms with van der Waals surface area (Å²) in [7, 11) is 2.09. The second-order valence-electron chi connectivity index (χ2n) is 5.49. The van der Waals surface area contributed by atoms with E-state index in [2.05, 4.69) is 69.3 Å². The Balaban J connectivity index is 1.97. The van der Waals surface area contributed by atoms with E-state index < -0.39 is 0 Å². The molecular weight excluding hydrogens is 326 g/mol. The van der Waals surface area contributed by atoms with Crippen LogP contribution >= 0.6 is 15.9 Å². The van der Waals surface area contributed by atoms with Crippen LogP contribution in [0.25, 0.3) is 22.4 Å². The van der Waals surface area contributed by atoms with E-state index in [1.807, 2.05) is 0 Å². The summed E-state index contributed by atoms with van der Waals surface area (Å²) in [6.45, 7) is 1.06. The van der Waals surface area contributed by atoms with E-state index in [9.17, 15) is 0 Å². The number of aromatic nitrogens is 2. The predicted molar refractivity (Wildman–Crippen MR) is 90.7 cm³/mol. The lowest BCUT2D eigenvalue weighted by molar-refractivity contribution is 0.828. The third-order valence-corrected chi connectivity index (χ3v) is 4.67. The molecule has 0 bridgehead atoms. The van der Waals surface area contributed by atoms with Crippen LogP contribution in [0.5, 0.6) is 0 Å². The van der Waals surface area contributed by atoms with Gasteiger partial charge >= 0.3 is 0 Å². The van der Waals surface area contributed by atoms with Crippen LogP contribution in [0.15, 0.2) is 40.9 Å². The van der Waals surface area contributed by atoms with Gasteiger partial charge in [0.1, 0.15) is 5.82 Å². The summed E-state index contributed by atoms with van der Waals surface area (Å²) in [6, 6.07) is 12.7. The topological polar surface area (TPSA) is 29.9 Å². The van der Waals surface area contributed by atoms with Crippen molar-refractivity contribution in [3.05, 3.63) is 46.4 Å². The molecule has 0 aliphatic carbocycles. The van der Waals surface area contributed by atoms with Gasteiger partial charge in [0.25, 0.3) is 0 Å². The van der Waals surface area contributed by atoms with Gasteiger partial charge in [0.2, 0.25) is 0 Å². The molecule has 0 radical (unpaired) electrons. The maximum Gasteiger partial charge on any atom is 0.141 e. The molecule has 0 unspecified atom stereocenters. The van der Waals surface area contributed by atoms with E-state index in [0.717, 1.165) is 34.3 Å². The summed E-state index contributed by atoms with van der Waals surface area (Å²) in [5.74, 6) is 1.05. The van der Waals surface area contributed by atoms with Crippen molar-refractivity contribution < 1.29 is 0 Å². The zero-order valence-corrected chi connectivity index (χ0v) is 13.4. The number of hydrogen-bond donors (Lipinski definition) is 1. The summed E-state index contributed by atoms with van der Waals surface area (Å²) in [5.41, 5.74) is 6.08. The Labute approximate surface area is 132 Å². The molecule has 0 saturated heterocycles. The first kappa shape index (κ1) is 12.9. The number of fused-ring (bicyclic) bond motifs is 2. The Kier molecular flexibility index (Phi) is 3.00. The third-order valence-electron chi connectivity index (χ3n) is 4.18. The second kappa shape index (κ2) is 4.88. The number of benzene rings is 2. The van der Waals surface area contributed by atoms with Crippen LogP contribution in [0.4, 0.5) is 5.69 Å². The van der Waals surface area contributed by atoms with Gasteiger partial charge in [-0.1, -0.05) is 28.1 Å². The summed E-state index contributed by atoms with van der Waals surface area (Å²) >= 11 is 3.52. The van der Waals surface area contributed by atoms with Crippen LogP contribution in [0.1, 0.15) is 12.0 Å². The van der Waals surface area contributed by atoms with Gasteiger partial charge in [0, 0.05) is 29.3 Å². The zero-order chi connectivity index (χ0) is 14.4. The van der Waals surface area contributed by atoms with Gasteiger partial charge in [0.15, 0.2) is 0 Å². The van der Waals surface area contributed by atoms with E-state index in [4.69, 9.17) is 4.98 Å². The summed E-state index contributed by atoms with van der Waals surface area (Å²) in [6.07, 6.45) is 2.30. The fourth-order valence-corrected chi connectivity index (χ4v) is 3.48. The highest BCUT2D eigenvalue weighted by Crippen LogP contribution is 2.33. The number of imidazole rings is 1. The van der Waals surface area contributed by atoms with Crippen molar-refractivity contribution in [3.63, 3.8) is 0 Å². The SMILES string of the molecule is Cn1c(-c2cccc3c2CCCN3)nc2cc(Br)ccc21. The average molecular weight is 342 g/mol. The molecular formula is C17H16BrN3. The van der Waals surface area contributed by atoms with Crippen molar-refractivity contribution in [2.24, 2.45) is 7.05 Å². The third kappa shape index (κ3) is 2.05. The molecule has 0 saturated carbocycles. The van der Waals surface area contributed by atoms with Crippen molar-refractivity contribution in [2.75, 3.05) is 11.9 Å². The molecule has 0 atom stereocenters. The largest absolute Gasteiger partial charge is 0.385 e. The number of anilines is 1. The number of rotatable bonds is 1. The minimum atomic E-state index is 1.03. The van der Waals surface area contributed by atoms with Crippen molar-refractivity contribution in [1.82, 2.24) is 9.55 Å². The van der Waals surface area contributed by atoms with Gasteiger partial charge in [-0.2, -0.15) is 0 Å². The number of nitrogens with one attached hydrogen (secondary N) is 1. The predicted octanol–water partition coefficient (Wildman–Crippen LogP) is 4.36. The number of aryl methyl sites for hydroxylation is 1. The first-order chi connectivity index (χ1) is 10.2. The normalized spacial score (nSPS) is 14.0. The Bertz CT molecular complexity index is 835. The Morgan fingerprint density at radius 3 is 3.05 bits per heavy atom. The molecule has 3 aromatic rings. The monoisotopic (exact) mass is 341 g/mol. The quantitative estimate of drug-likeness (QED) is 0.712. The van der Waals surface area contributed by atoms with Gasteiger partial charge < -0.3 is 9.88 Å². The second-order valence-corrected chi connectivity index (χ2v) is 6.41. The van der Waals surface area contributed by atoms with E-state index >= 15 is 0 Å². The van der Waals surface area contributed by atoms with Crippen molar-refractivity contribution >= 4 is 32.7 Å². The van der Waals surface area contributed by atoms with E-state index in [1.54, 1.807) is 0 Å². The zero-order valence-electron chi connectivity index (χ0n) is 11.9. The molecule has 3 nitrogen and oxygen atoms in total. The molecule has 1 aliphatic rings. The lowest BCUT2D eigenvalue weighted by atomic mass is 9.97. The minimum absolute atomic E-state index is 1.03. The molecule has 1 N–H and O–H groups in total.